The van der Waals surface area contributed by atoms with Crippen molar-refractivity contribution in [1.29, 1.82) is 0 Å². The van der Waals surface area contributed by atoms with E-state index < -0.39 is 0 Å². The van der Waals surface area contributed by atoms with Crippen LogP contribution < -0.4 is 5.32 Å². The zero-order chi connectivity index (χ0) is 16.2. The average molecular weight is 441 g/mol. The highest BCUT2D eigenvalue weighted by Gasteiger charge is 2.18. The van der Waals surface area contributed by atoms with E-state index in [9.17, 15) is 4.79 Å². The molecule has 1 aromatic heterocycles. The quantitative estimate of drug-likeness (QED) is 0.723. The molecule has 122 valence electrons. The third kappa shape index (κ3) is 4.51. The second-order valence-electron chi connectivity index (χ2n) is 6.06. The van der Waals surface area contributed by atoms with Crippen LogP contribution in [0.5, 0.6) is 0 Å². The van der Waals surface area contributed by atoms with E-state index in [4.69, 9.17) is 0 Å². The van der Waals surface area contributed by atoms with Gasteiger partial charge in [0.2, 0.25) is 0 Å². The third-order valence-electron chi connectivity index (χ3n) is 4.02. The van der Waals surface area contributed by atoms with Crippen LogP contribution in [0, 0.1) is 9.49 Å². The Morgan fingerprint density at radius 1 is 1.48 bits per heavy atom. The molecule has 1 aromatic carbocycles. The van der Waals surface area contributed by atoms with Crippen LogP contribution in [0.4, 0.5) is 5.13 Å². The number of hydrogen-bond acceptors (Lipinski definition) is 4. The molecule has 0 radical (unpaired) electrons. The second-order valence-corrected chi connectivity index (χ2v) is 8.08. The highest BCUT2D eigenvalue weighted by atomic mass is 127. The van der Waals surface area contributed by atoms with Gasteiger partial charge in [0.05, 0.1) is 11.3 Å². The largest absolute Gasteiger partial charge is 0.298 e. The fourth-order valence-electron chi connectivity index (χ4n) is 2.91. The molecule has 23 heavy (non-hydrogen) atoms. The molecule has 1 aliphatic heterocycles. The van der Waals surface area contributed by atoms with Crippen LogP contribution in [0.1, 0.15) is 35.8 Å². The SMILES string of the molecule is C[C@@H]1CCCN(Cc2csc(NC(=O)c3ccccc3I)n2)C1. The summed E-state index contributed by atoms with van der Waals surface area (Å²) in [6, 6.07) is 7.57. The van der Waals surface area contributed by atoms with E-state index in [1.54, 1.807) is 0 Å². The number of piperidine rings is 1. The van der Waals surface area contributed by atoms with Crippen molar-refractivity contribution in [3.05, 3.63) is 44.5 Å². The number of amides is 1. The van der Waals surface area contributed by atoms with Crippen molar-refractivity contribution in [2.45, 2.75) is 26.3 Å². The van der Waals surface area contributed by atoms with Crippen LogP contribution in [0.25, 0.3) is 0 Å². The van der Waals surface area contributed by atoms with Crippen molar-refractivity contribution >= 4 is 45.0 Å². The minimum Gasteiger partial charge on any atom is -0.298 e. The maximum absolute atomic E-state index is 12.3. The molecule has 1 aliphatic rings. The lowest BCUT2D eigenvalue weighted by molar-refractivity contribution is 0.102. The van der Waals surface area contributed by atoms with E-state index in [1.807, 2.05) is 29.6 Å². The highest BCUT2D eigenvalue weighted by molar-refractivity contribution is 14.1. The lowest BCUT2D eigenvalue weighted by Gasteiger charge is -2.30. The maximum Gasteiger partial charge on any atom is 0.258 e. The number of thiazole rings is 1. The molecule has 1 atom stereocenters. The summed E-state index contributed by atoms with van der Waals surface area (Å²) in [7, 11) is 0. The van der Waals surface area contributed by atoms with Gasteiger partial charge < -0.3 is 0 Å². The first-order valence-electron chi connectivity index (χ1n) is 7.84. The van der Waals surface area contributed by atoms with Gasteiger partial charge in [-0.25, -0.2) is 4.98 Å². The maximum atomic E-state index is 12.3. The van der Waals surface area contributed by atoms with Crippen molar-refractivity contribution in [2.24, 2.45) is 5.92 Å². The van der Waals surface area contributed by atoms with Crippen molar-refractivity contribution in [3.8, 4) is 0 Å². The van der Waals surface area contributed by atoms with Crippen molar-refractivity contribution in [2.75, 3.05) is 18.4 Å². The normalized spacial score (nSPS) is 18.8. The molecular formula is C17H20IN3OS. The molecule has 0 bridgehead atoms. The lowest BCUT2D eigenvalue weighted by atomic mass is 10.0. The number of rotatable bonds is 4. The number of hydrogen-bond donors (Lipinski definition) is 1. The molecule has 1 N–H and O–H groups in total. The summed E-state index contributed by atoms with van der Waals surface area (Å²) in [4.78, 5) is 19.3. The van der Waals surface area contributed by atoms with Gasteiger partial charge in [-0.1, -0.05) is 19.1 Å². The summed E-state index contributed by atoms with van der Waals surface area (Å²) in [5.74, 6) is 0.671. The molecule has 0 unspecified atom stereocenters. The molecule has 0 spiro atoms. The zero-order valence-corrected chi connectivity index (χ0v) is 16.1. The predicted molar refractivity (Wildman–Crippen MR) is 103 cm³/mol. The monoisotopic (exact) mass is 441 g/mol. The van der Waals surface area contributed by atoms with E-state index >= 15 is 0 Å². The number of benzene rings is 1. The Morgan fingerprint density at radius 3 is 3.09 bits per heavy atom. The lowest BCUT2D eigenvalue weighted by Crippen LogP contribution is -2.33. The first-order valence-corrected chi connectivity index (χ1v) is 9.80. The molecule has 1 amide bonds. The van der Waals surface area contributed by atoms with Gasteiger partial charge in [-0.3, -0.25) is 15.0 Å². The average Bonchev–Trinajstić information content (AvgIpc) is 2.94. The highest BCUT2D eigenvalue weighted by Crippen LogP contribution is 2.22. The topological polar surface area (TPSA) is 45.2 Å². The smallest absolute Gasteiger partial charge is 0.258 e. The Balaban J connectivity index is 1.61. The van der Waals surface area contributed by atoms with Crippen LogP contribution in [0.3, 0.4) is 0 Å². The molecule has 0 aliphatic carbocycles. The van der Waals surface area contributed by atoms with Gasteiger partial charge in [0, 0.05) is 22.0 Å². The van der Waals surface area contributed by atoms with Crippen LogP contribution in [-0.4, -0.2) is 28.9 Å². The van der Waals surface area contributed by atoms with Crippen LogP contribution in [0.2, 0.25) is 0 Å². The van der Waals surface area contributed by atoms with Gasteiger partial charge in [0.1, 0.15) is 0 Å². The van der Waals surface area contributed by atoms with Gasteiger partial charge >= 0.3 is 0 Å². The van der Waals surface area contributed by atoms with Gasteiger partial charge in [-0.2, -0.15) is 0 Å². The van der Waals surface area contributed by atoms with Crippen LogP contribution >= 0.6 is 33.9 Å². The first-order chi connectivity index (χ1) is 11.1. The van der Waals surface area contributed by atoms with Gasteiger partial charge in [-0.05, 0) is 60.0 Å². The number of likely N-dealkylation sites (tertiary alicyclic amines) is 1. The van der Waals surface area contributed by atoms with E-state index in [2.05, 4.69) is 44.7 Å². The number of carbonyl (C=O) groups excluding carboxylic acids is 1. The second kappa shape index (κ2) is 7.72. The Kier molecular flexibility index (Phi) is 5.66. The van der Waals surface area contributed by atoms with Crippen LogP contribution in [0.15, 0.2) is 29.6 Å². The van der Waals surface area contributed by atoms with Gasteiger partial charge in [-0.15, -0.1) is 11.3 Å². The Hall–Kier alpha value is -0.990. The summed E-state index contributed by atoms with van der Waals surface area (Å²) < 4.78 is 0.946. The minimum atomic E-state index is -0.0949. The minimum absolute atomic E-state index is 0.0949. The fourth-order valence-corrected chi connectivity index (χ4v) is 4.24. The summed E-state index contributed by atoms with van der Waals surface area (Å²) in [5, 5.41) is 5.63. The van der Waals surface area contributed by atoms with Crippen LogP contribution in [-0.2, 0) is 6.54 Å². The Labute approximate surface area is 154 Å². The van der Waals surface area contributed by atoms with Crippen molar-refractivity contribution in [1.82, 2.24) is 9.88 Å². The third-order valence-corrected chi connectivity index (χ3v) is 5.76. The van der Waals surface area contributed by atoms with Crippen molar-refractivity contribution < 1.29 is 4.79 Å². The standard InChI is InChI=1S/C17H20IN3OS/c1-12-5-4-8-21(9-12)10-13-11-23-17(19-13)20-16(22)14-6-2-3-7-15(14)18/h2-3,6-7,11-12H,4-5,8-10H2,1H3,(H,19,20,22)/t12-/m1/s1. The molecule has 1 saturated heterocycles. The van der Waals surface area contributed by atoms with Gasteiger partial charge in [0.15, 0.2) is 5.13 Å². The number of halogens is 1. The number of nitrogens with zero attached hydrogens (tertiary/aromatic N) is 2. The summed E-state index contributed by atoms with van der Waals surface area (Å²) in [6.07, 6.45) is 2.59. The Bertz CT molecular complexity index is 688. The van der Waals surface area contributed by atoms with Gasteiger partial charge in [0.25, 0.3) is 5.91 Å². The molecule has 0 saturated carbocycles. The molecule has 1 fully saturated rings. The predicted octanol–water partition coefficient (Wildman–Crippen LogP) is 4.23. The number of nitrogens with one attached hydrogen (secondary N) is 1. The molecule has 6 heteroatoms. The van der Waals surface area contributed by atoms with Crippen molar-refractivity contribution in [3.63, 3.8) is 0 Å². The number of aromatic nitrogens is 1. The number of anilines is 1. The van der Waals surface area contributed by atoms with E-state index in [0.717, 1.165) is 34.8 Å². The molecule has 3 rings (SSSR count). The zero-order valence-electron chi connectivity index (χ0n) is 13.1. The first kappa shape index (κ1) is 16.9. The van der Waals surface area contributed by atoms with E-state index in [-0.39, 0.29) is 5.91 Å². The molecule has 4 nitrogen and oxygen atoms in total. The summed E-state index contributed by atoms with van der Waals surface area (Å²) in [5.41, 5.74) is 1.73. The summed E-state index contributed by atoms with van der Waals surface area (Å²) in [6.45, 7) is 5.47. The summed E-state index contributed by atoms with van der Waals surface area (Å²) >= 11 is 3.67. The number of carbonyl (C=O) groups is 1. The molecule has 2 heterocycles. The molecular weight excluding hydrogens is 421 g/mol. The molecule has 2 aromatic rings. The van der Waals surface area contributed by atoms with E-state index in [1.165, 1.54) is 24.2 Å². The van der Waals surface area contributed by atoms with E-state index in [0.29, 0.717) is 10.7 Å². The fraction of sp³-hybridized carbons (Fsp3) is 0.412. The Morgan fingerprint density at radius 2 is 2.30 bits per heavy atom.